The van der Waals surface area contributed by atoms with Crippen LogP contribution in [0.25, 0.3) is 0 Å². The fourth-order valence-electron chi connectivity index (χ4n) is 3.53. The van der Waals surface area contributed by atoms with Crippen LogP contribution in [-0.2, 0) is 19.5 Å². The summed E-state index contributed by atoms with van der Waals surface area (Å²) in [6.07, 6.45) is 7.10. The molecule has 2 nitrogen and oxygen atoms in total. The largest absolute Gasteiger partial charge is 0.312 e. The summed E-state index contributed by atoms with van der Waals surface area (Å²) >= 11 is 0. The Morgan fingerprint density at radius 3 is 2.50 bits per heavy atom. The Morgan fingerprint density at radius 1 is 1.05 bits per heavy atom. The maximum absolute atomic E-state index is 3.49. The fraction of sp³-hybridized carbons (Fsp3) is 0.667. The van der Waals surface area contributed by atoms with Crippen LogP contribution >= 0.6 is 0 Å². The summed E-state index contributed by atoms with van der Waals surface area (Å²) in [5.74, 6) is 2.02. The lowest BCUT2D eigenvalue weighted by molar-refractivity contribution is 0.243. The molecular weight excluding hydrogens is 244 g/mol. The Kier molecular flexibility index (Phi) is 3.53. The lowest BCUT2D eigenvalue weighted by Gasteiger charge is -2.26. The lowest BCUT2D eigenvalue weighted by atomic mass is 9.95. The summed E-state index contributed by atoms with van der Waals surface area (Å²) in [7, 11) is 0. The zero-order valence-electron chi connectivity index (χ0n) is 12.4. The molecule has 1 aromatic rings. The van der Waals surface area contributed by atoms with Crippen LogP contribution in [-0.4, -0.2) is 24.5 Å². The monoisotopic (exact) mass is 270 g/mol. The van der Waals surface area contributed by atoms with E-state index in [0.717, 1.165) is 24.9 Å². The van der Waals surface area contributed by atoms with Crippen molar-refractivity contribution in [2.75, 3.05) is 19.6 Å². The number of nitrogens with zero attached hydrogens (tertiary/aromatic N) is 1. The Balaban J connectivity index is 1.49. The van der Waals surface area contributed by atoms with E-state index in [2.05, 4.69) is 28.4 Å². The molecule has 4 rings (SSSR count). The van der Waals surface area contributed by atoms with Crippen LogP contribution in [0.3, 0.4) is 0 Å². The van der Waals surface area contributed by atoms with Gasteiger partial charge in [-0.2, -0.15) is 0 Å². The average Bonchev–Trinajstić information content (AvgIpc) is 3.36. The number of nitrogens with one attached hydrogen (secondary N) is 1. The third kappa shape index (κ3) is 3.07. The number of benzene rings is 1. The summed E-state index contributed by atoms with van der Waals surface area (Å²) in [5, 5.41) is 3.49. The second-order valence-electron chi connectivity index (χ2n) is 7.06. The predicted octanol–water partition coefficient (Wildman–Crippen LogP) is 2.95. The molecule has 1 aliphatic heterocycles. The van der Waals surface area contributed by atoms with Gasteiger partial charge < -0.3 is 5.32 Å². The standard InChI is InChI=1S/C18H26N2/c1-2-16-10-19-9-8-18(16)17(3-1)13-20(11-14-4-5-14)12-15-6-7-15/h1-3,14-15,19H,4-13H2. The second kappa shape index (κ2) is 5.50. The molecule has 0 amide bonds. The van der Waals surface area contributed by atoms with E-state index in [1.165, 1.54) is 57.3 Å². The van der Waals surface area contributed by atoms with Gasteiger partial charge in [0.15, 0.2) is 0 Å². The molecule has 2 fully saturated rings. The summed E-state index contributed by atoms with van der Waals surface area (Å²) < 4.78 is 0. The highest BCUT2D eigenvalue weighted by Crippen LogP contribution is 2.34. The molecule has 0 unspecified atom stereocenters. The van der Waals surface area contributed by atoms with Crippen molar-refractivity contribution in [1.29, 1.82) is 0 Å². The van der Waals surface area contributed by atoms with Crippen LogP contribution in [0.15, 0.2) is 18.2 Å². The Labute approximate surface area is 122 Å². The van der Waals surface area contributed by atoms with Crippen molar-refractivity contribution in [2.45, 2.75) is 45.2 Å². The molecule has 0 atom stereocenters. The maximum atomic E-state index is 3.49. The van der Waals surface area contributed by atoms with Gasteiger partial charge >= 0.3 is 0 Å². The van der Waals surface area contributed by atoms with E-state index in [4.69, 9.17) is 0 Å². The van der Waals surface area contributed by atoms with Crippen LogP contribution < -0.4 is 5.32 Å². The van der Waals surface area contributed by atoms with Gasteiger partial charge in [0.2, 0.25) is 0 Å². The fourth-order valence-corrected chi connectivity index (χ4v) is 3.53. The van der Waals surface area contributed by atoms with Crippen LogP contribution in [0.2, 0.25) is 0 Å². The maximum Gasteiger partial charge on any atom is 0.0236 e. The summed E-state index contributed by atoms with van der Waals surface area (Å²) in [6, 6.07) is 6.93. The van der Waals surface area contributed by atoms with E-state index >= 15 is 0 Å². The molecule has 2 saturated carbocycles. The molecule has 0 saturated heterocycles. The molecule has 108 valence electrons. The molecule has 1 heterocycles. The molecule has 2 heteroatoms. The van der Waals surface area contributed by atoms with Gasteiger partial charge in [-0.05, 0) is 67.2 Å². The molecule has 3 aliphatic rings. The van der Waals surface area contributed by atoms with Crippen molar-refractivity contribution in [3.63, 3.8) is 0 Å². The normalized spacial score (nSPS) is 22.1. The Hall–Kier alpha value is -0.860. The SMILES string of the molecule is c1cc2c(c(CN(CC3CC3)CC3CC3)c1)CCNC2. The molecule has 0 bridgehead atoms. The minimum Gasteiger partial charge on any atom is -0.312 e. The van der Waals surface area contributed by atoms with Gasteiger partial charge in [0.1, 0.15) is 0 Å². The first-order chi connectivity index (χ1) is 9.88. The van der Waals surface area contributed by atoms with E-state index in [9.17, 15) is 0 Å². The van der Waals surface area contributed by atoms with Gasteiger partial charge in [-0.3, -0.25) is 4.90 Å². The minimum atomic E-state index is 1.01. The van der Waals surface area contributed by atoms with Gasteiger partial charge in [-0.1, -0.05) is 18.2 Å². The lowest BCUT2D eigenvalue weighted by Crippen LogP contribution is -2.30. The van der Waals surface area contributed by atoms with Crippen molar-refractivity contribution in [3.05, 3.63) is 34.9 Å². The van der Waals surface area contributed by atoms with Crippen LogP contribution in [0.4, 0.5) is 0 Å². The second-order valence-corrected chi connectivity index (χ2v) is 7.06. The minimum absolute atomic E-state index is 1.01. The van der Waals surface area contributed by atoms with E-state index in [1.54, 1.807) is 11.1 Å². The van der Waals surface area contributed by atoms with E-state index in [-0.39, 0.29) is 0 Å². The highest BCUT2D eigenvalue weighted by Gasteiger charge is 2.29. The average molecular weight is 270 g/mol. The highest BCUT2D eigenvalue weighted by atomic mass is 15.1. The van der Waals surface area contributed by atoms with E-state index in [1.807, 2.05) is 0 Å². The quantitative estimate of drug-likeness (QED) is 0.855. The first kappa shape index (κ1) is 12.8. The van der Waals surface area contributed by atoms with E-state index < -0.39 is 0 Å². The van der Waals surface area contributed by atoms with Gasteiger partial charge in [0.25, 0.3) is 0 Å². The molecule has 0 radical (unpaired) electrons. The first-order valence-electron chi connectivity index (χ1n) is 8.41. The third-order valence-electron chi connectivity index (χ3n) is 5.06. The summed E-state index contributed by atoms with van der Waals surface area (Å²) in [6.45, 7) is 6.09. The molecule has 20 heavy (non-hydrogen) atoms. The van der Waals surface area contributed by atoms with Gasteiger partial charge in [-0.25, -0.2) is 0 Å². The molecule has 0 aromatic heterocycles. The predicted molar refractivity (Wildman–Crippen MR) is 82.6 cm³/mol. The number of rotatable bonds is 6. The van der Waals surface area contributed by atoms with Crippen molar-refractivity contribution in [3.8, 4) is 0 Å². The van der Waals surface area contributed by atoms with Crippen molar-refractivity contribution < 1.29 is 0 Å². The van der Waals surface area contributed by atoms with Crippen LogP contribution in [0.1, 0.15) is 42.4 Å². The zero-order chi connectivity index (χ0) is 13.4. The smallest absolute Gasteiger partial charge is 0.0236 e. The van der Waals surface area contributed by atoms with E-state index in [0.29, 0.717) is 0 Å². The highest BCUT2D eigenvalue weighted by molar-refractivity contribution is 5.37. The molecule has 1 aromatic carbocycles. The third-order valence-corrected chi connectivity index (χ3v) is 5.06. The van der Waals surface area contributed by atoms with Gasteiger partial charge in [0, 0.05) is 26.2 Å². The molecule has 1 N–H and O–H groups in total. The van der Waals surface area contributed by atoms with Crippen molar-refractivity contribution >= 4 is 0 Å². The number of hydrogen-bond donors (Lipinski definition) is 1. The van der Waals surface area contributed by atoms with Gasteiger partial charge in [0.05, 0.1) is 0 Å². The molecule has 0 spiro atoms. The van der Waals surface area contributed by atoms with Crippen molar-refractivity contribution in [2.24, 2.45) is 11.8 Å². The topological polar surface area (TPSA) is 15.3 Å². The van der Waals surface area contributed by atoms with Crippen molar-refractivity contribution in [1.82, 2.24) is 10.2 Å². The molecule has 2 aliphatic carbocycles. The summed E-state index contributed by atoms with van der Waals surface area (Å²) in [4.78, 5) is 2.76. The first-order valence-corrected chi connectivity index (χ1v) is 8.41. The van der Waals surface area contributed by atoms with Crippen LogP contribution in [0, 0.1) is 11.8 Å². The Morgan fingerprint density at radius 2 is 1.80 bits per heavy atom. The summed E-state index contributed by atoms with van der Waals surface area (Å²) in [5.41, 5.74) is 4.78. The van der Waals surface area contributed by atoms with Gasteiger partial charge in [-0.15, -0.1) is 0 Å². The Bertz CT molecular complexity index is 460. The zero-order valence-corrected chi connectivity index (χ0v) is 12.4. The molecular formula is C18H26N2. The van der Waals surface area contributed by atoms with Crippen LogP contribution in [0.5, 0.6) is 0 Å². The number of hydrogen-bond acceptors (Lipinski definition) is 2. The number of fused-ring (bicyclic) bond motifs is 1.